The van der Waals surface area contributed by atoms with Crippen LogP contribution in [0.2, 0.25) is 0 Å². The zero-order valence-electron chi connectivity index (χ0n) is 18.7. The van der Waals surface area contributed by atoms with Gasteiger partial charge in [0.2, 0.25) is 0 Å². The highest BCUT2D eigenvalue weighted by Gasteiger charge is 2.08. The van der Waals surface area contributed by atoms with Gasteiger partial charge in [0.15, 0.2) is 0 Å². The van der Waals surface area contributed by atoms with Crippen molar-refractivity contribution in [2.45, 2.75) is 13.8 Å². The molecule has 0 heterocycles. The highest BCUT2D eigenvalue weighted by Crippen LogP contribution is 2.30. The van der Waals surface area contributed by atoms with E-state index in [2.05, 4.69) is 9.98 Å². The van der Waals surface area contributed by atoms with Gasteiger partial charge in [-0.3, -0.25) is 9.98 Å². The molecule has 0 aromatic heterocycles. The number of benzene rings is 4. The first-order valence-electron chi connectivity index (χ1n) is 10.8. The van der Waals surface area contributed by atoms with Gasteiger partial charge in [-0.05, 0) is 71.5 Å². The minimum Gasteiger partial charge on any atom is -0.507 e. The summed E-state index contributed by atoms with van der Waals surface area (Å²) >= 11 is 0. The Morgan fingerprint density at radius 2 is 0.970 bits per heavy atom. The third-order valence-electron chi connectivity index (χ3n) is 5.50. The van der Waals surface area contributed by atoms with Crippen molar-refractivity contribution in [2.24, 2.45) is 9.98 Å². The largest absolute Gasteiger partial charge is 0.507 e. The lowest BCUT2D eigenvalue weighted by Gasteiger charge is -2.08. The van der Waals surface area contributed by atoms with Gasteiger partial charge in [0.25, 0.3) is 0 Å². The van der Waals surface area contributed by atoms with Gasteiger partial charge < -0.3 is 10.2 Å². The zero-order chi connectivity index (χ0) is 23.2. The Morgan fingerprint density at radius 1 is 0.576 bits per heavy atom. The van der Waals surface area contributed by atoms with E-state index in [0.717, 1.165) is 33.4 Å². The molecule has 0 atom stereocenters. The van der Waals surface area contributed by atoms with Crippen LogP contribution in [-0.2, 0) is 0 Å². The van der Waals surface area contributed by atoms with Crippen LogP contribution in [0.5, 0.6) is 11.5 Å². The second kappa shape index (κ2) is 9.96. The van der Waals surface area contributed by atoms with E-state index >= 15 is 0 Å². The molecule has 0 saturated carbocycles. The topological polar surface area (TPSA) is 65.2 Å². The number of hydrogen-bond donors (Lipinski definition) is 2. The molecule has 33 heavy (non-hydrogen) atoms. The zero-order valence-corrected chi connectivity index (χ0v) is 18.7. The number of aliphatic imine (C=N–C) groups is 2. The molecule has 0 aliphatic carbocycles. The van der Waals surface area contributed by atoms with Crippen molar-refractivity contribution >= 4 is 12.4 Å². The summed E-state index contributed by atoms with van der Waals surface area (Å²) < 4.78 is 0. The molecule has 0 saturated heterocycles. The van der Waals surface area contributed by atoms with E-state index in [9.17, 15) is 10.2 Å². The van der Waals surface area contributed by atoms with Crippen LogP contribution in [0.3, 0.4) is 0 Å². The van der Waals surface area contributed by atoms with Crippen molar-refractivity contribution < 1.29 is 10.2 Å². The lowest BCUT2D eigenvalue weighted by molar-refractivity contribution is 0.470. The van der Waals surface area contributed by atoms with Gasteiger partial charge in [0.1, 0.15) is 18.2 Å². The summed E-state index contributed by atoms with van der Waals surface area (Å²) in [5, 5.41) is 20.9. The lowest BCUT2D eigenvalue weighted by atomic mass is 9.99. The molecule has 0 amide bonds. The molecule has 4 nitrogen and oxygen atoms in total. The molecule has 0 unspecified atom stereocenters. The smallest absolute Gasteiger partial charge is 0.129 e. The van der Waals surface area contributed by atoms with Crippen LogP contribution in [0.25, 0.3) is 22.3 Å². The maximum absolute atomic E-state index is 10.4. The number of aryl methyl sites for hydroxylation is 2. The van der Waals surface area contributed by atoms with Gasteiger partial charge in [-0.15, -0.1) is 0 Å². The minimum atomic E-state index is 0.183. The fraction of sp³-hybridized carbons (Fsp3) is 0.103. The molecule has 0 fully saturated rings. The van der Waals surface area contributed by atoms with Gasteiger partial charge in [-0.25, -0.2) is 0 Å². The number of aromatic hydroxyl groups is 2. The molecule has 4 rings (SSSR count). The monoisotopic (exact) mass is 434 g/mol. The van der Waals surface area contributed by atoms with E-state index in [0.29, 0.717) is 11.1 Å². The first-order chi connectivity index (χ1) is 16.0. The van der Waals surface area contributed by atoms with Crippen LogP contribution in [0.15, 0.2) is 94.9 Å². The number of nitrogens with zero attached hydrogens (tertiary/aromatic N) is 2. The Labute approximate surface area is 194 Å². The summed E-state index contributed by atoms with van der Waals surface area (Å²) in [7, 11) is 0. The van der Waals surface area contributed by atoms with Crippen LogP contribution in [0.1, 0.15) is 22.3 Å². The fourth-order valence-electron chi connectivity index (χ4n) is 3.73. The standard InChI is InChI=1S/C29H26N2O2/c1-20-13-24(22-9-5-3-6-10-22)15-26(28(20)32)17-30-19-31-18-27-16-25(14-21(2)29(27)33)23-11-7-4-8-12-23/h3-18,32-33H,19H2,1-2H3. The number of phenols is 2. The summed E-state index contributed by atoms with van der Waals surface area (Å²) in [6, 6.07) is 27.8. The second-order valence-corrected chi connectivity index (χ2v) is 7.96. The predicted octanol–water partition coefficient (Wildman–Crippen LogP) is 6.54. The Kier molecular flexibility index (Phi) is 6.65. The average molecular weight is 435 g/mol. The normalized spacial score (nSPS) is 11.5. The van der Waals surface area contributed by atoms with Crippen molar-refractivity contribution in [3.8, 4) is 33.8 Å². The Morgan fingerprint density at radius 3 is 1.36 bits per heavy atom. The van der Waals surface area contributed by atoms with Gasteiger partial charge in [0.05, 0.1) is 0 Å². The van der Waals surface area contributed by atoms with Gasteiger partial charge >= 0.3 is 0 Å². The van der Waals surface area contributed by atoms with Gasteiger partial charge in [0, 0.05) is 23.6 Å². The SMILES string of the molecule is Cc1cc(-c2ccccc2)cc(C=NCN=Cc2cc(-c3ccccc3)cc(C)c2O)c1O. The van der Waals surface area contributed by atoms with E-state index < -0.39 is 0 Å². The third kappa shape index (κ3) is 5.18. The molecular weight excluding hydrogens is 408 g/mol. The highest BCUT2D eigenvalue weighted by atomic mass is 16.3. The van der Waals surface area contributed by atoms with Crippen molar-refractivity contribution in [3.63, 3.8) is 0 Å². The molecule has 2 N–H and O–H groups in total. The van der Waals surface area contributed by atoms with E-state index in [1.54, 1.807) is 12.4 Å². The quantitative estimate of drug-likeness (QED) is 0.338. The fourth-order valence-corrected chi connectivity index (χ4v) is 3.73. The molecule has 0 aliphatic rings. The highest BCUT2D eigenvalue weighted by molar-refractivity contribution is 5.88. The average Bonchev–Trinajstić information content (AvgIpc) is 2.84. The van der Waals surface area contributed by atoms with E-state index in [1.807, 2.05) is 98.8 Å². The van der Waals surface area contributed by atoms with Crippen LogP contribution < -0.4 is 0 Å². The minimum absolute atomic E-state index is 0.183. The predicted molar refractivity (Wildman–Crippen MR) is 137 cm³/mol. The van der Waals surface area contributed by atoms with Crippen LogP contribution in [0, 0.1) is 13.8 Å². The first-order valence-corrected chi connectivity index (χ1v) is 10.8. The van der Waals surface area contributed by atoms with Gasteiger partial charge in [-0.2, -0.15) is 0 Å². The lowest BCUT2D eigenvalue weighted by Crippen LogP contribution is -1.91. The Balaban J connectivity index is 1.52. The molecule has 164 valence electrons. The summed E-state index contributed by atoms with van der Waals surface area (Å²) in [6.07, 6.45) is 3.27. The van der Waals surface area contributed by atoms with E-state index in [-0.39, 0.29) is 18.2 Å². The van der Waals surface area contributed by atoms with Crippen molar-refractivity contribution in [3.05, 3.63) is 107 Å². The molecule has 0 aliphatic heterocycles. The molecule has 0 spiro atoms. The first kappa shape index (κ1) is 22.0. The molecule has 4 aromatic rings. The van der Waals surface area contributed by atoms with Crippen LogP contribution in [0.4, 0.5) is 0 Å². The Hall–Kier alpha value is -4.18. The van der Waals surface area contributed by atoms with E-state index in [1.165, 1.54) is 0 Å². The molecule has 0 bridgehead atoms. The van der Waals surface area contributed by atoms with Crippen LogP contribution >= 0.6 is 0 Å². The van der Waals surface area contributed by atoms with Gasteiger partial charge in [-0.1, -0.05) is 60.7 Å². The molecule has 4 heteroatoms. The molecule has 4 aromatic carbocycles. The van der Waals surface area contributed by atoms with Crippen molar-refractivity contribution in [2.75, 3.05) is 6.67 Å². The third-order valence-corrected chi connectivity index (χ3v) is 5.50. The Bertz CT molecular complexity index is 1210. The van der Waals surface area contributed by atoms with E-state index in [4.69, 9.17) is 0 Å². The van der Waals surface area contributed by atoms with Crippen molar-refractivity contribution in [1.82, 2.24) is 0 Å². The summed E-state index contributed by atoms with van der Waals surface area (Å²) in [4.78, 5) is 8.72. The second-order valence-electron chi connectivity index (χ2n) is 7.96. The van der Waals surface area contributed by atoms with Crippen LogP contribution in [-0.4, -0.2) is 29.3 Å². The number of phenolic OH excluding ortho intramolecular Hbond substituents is 2. The number of hydrogen-bond acceptors (Lipinski definition) is 4. The number of rotatable bonds is 6. The summed E-state index contributed by atoms with van der Waals surface area (Å²) in [6.45, 7) is 3.94. The molecule has 0 radical (unpaired) electrons. The molecular formula is C29H26N2O2. The maximum atomic E-state index is 10.4. The van der Waals surface area contributed by atoms with Crippen molar-refractivity contribution in [1.29, 1.82) is 0 Å². The maximum Gasteiger partial charge on any atom is 0.129 e. The summed E-state index contributed by atoms with van der Waals surface area (Å²) in [5.41, 5.74) is 7.08. The summed E-state index contributed by atoms with van der Waals surface area (Å²) in [5.74, 6) is 0.428.